The molecule has 0 saturated carbocycles. The Hall–Kier alpha value is -3.98. The quantitative estimate of drug-likeness (QED) is 0.472. The van der Waals surface area contributed by atoms with E-state index in [0.29, 0.717) is 6.42 Å². The van der Waals surface area contributed by atoms with Crippen molar-refractivity contribution in [1.29, 1.82) is 5.26 Å². The second-order valence-corrected chi connectivity index (χ2v) is 8.36. The van der Waals surface area contributed by atoms with Gasteiger partial charge in [-0.05, 0) is 60.5 Å². The molecule has 3 aromatic carbocycles. The normalized spacial score (nSPS) is 14.8. The van der Waals surface area contributed by atoms with E-state index in [9.17, 15) is 5.26 Å². The molecule has 0 spiro atoms. The molecule has 2 heterocycles. The molecule has 1 atom stereocenters. The monoisotopic (exact) mass is 437 g/mol. The molecule has 33 heavy (non-hydrogen) atoms. The topological polar surface area (TPSA) is 68.2 Å². The van der Waals surface area contributed by atoms with Crippen LogP contribution < -0.4 is 14.5 Å². The highest BCUT2D eigenvalue weighted by Crippen LogP contribution is 2.25. The third-order valence-electron chi connectivity index (χ3n) is 6.35. The smallest absolute Gasteiger partial charge is 0.124 e. The number of aromatic amines is 1. The molecule has 1 aliphatic heterocycles. The van der Waals surface area contributed by atoms with Gasteiger partial charge >= 0.3 is 0 Å². The zero-order valence-corrected chi connectivity index (χ0v) is 18.7. The zero-order chi connectivity index (χ0) is 22.6. The number of imidazole rings is 1. The Balaban J connectivity index is 1.21. The molecule has 1 fully saturated rings. The molecule has 0 radical (unpaired) electrons. The van der Waals surface area contributed by atoms with Crippen molar-refractivity contribution in [3.8, 4) is 11.8 Å². The minimum Gasteiger partial charge on any atom is -0.497 e. The van der Waals surface area contributed by atoms with E-state index < -0.39 is 0 Å². The van der Waals surface area contributed by atoms with Crippen LogP contribution in [0.4, 0.5) is 11.4 Å². The summed E-state index contributed by atoms with van der Waals surface area (Å²) in [4.78, 5) is 12.7. The summed E-state index contributed by atoms with van der Waals surface area (Å²) >= 11 is 0. The van der Waals surface area contributed by atoms with Gasteiger partial charge in [0.2, 0.25) is 0 Å². The third kappa shape index (κ3) is 4.49. The Kier molecular flexibility index (Phi) is 5.86. The minimum absolute atomic E-state index is 0.295. The van der Waals surface area contributed by atoms with Crippen molar-refractivity contribution >= 4 is 22.4 Å². The van der Waals surface area contributed by atoms with Gasteiger partial charge in [-0.15, -0.1) is 0 Å². The summed E-state index contributed by atoms with van der Waals surface area (Å²) in [5, 5.41) is 9.74. The van der Waals surface area contributed by atoms with Crippen molar-refractivity contribution in [1.82, 2.24) is 9.97 Å². The number of fused-ring (bicyclic) bond motifs is 1. The summed E-state index contributed by atoms with van der Waals surface area (Å²) in [6.07, 6.45) is 0.641. The van der Waals surface area contributed by atoms with Gasteiger partial charge in [0.15, 0.2) is 0 Å². The number of anilines is 2. The van der Waals surface area contributed by atoms with E-state index in [1.165, 1.54) is 11.4 Å². The summed E-state index contributed by atoms with van der Waals surface area (Å²) < 4.78 is 5.26. The van der Waals surface area contributed by atoms with Crippen molar-refractivity contribution in [3.05, 3.63) is 84.2 Å². The van der Waals surface area contributed by atoms with Gasteiger partial charge in [-0.3, -0.25) is 0 Å². The van der Waals surface area contributed by atoms with Crippen molar-refractivity contribution in [2.75, 3.05) is 43.1 Å². The summed E-state index contributed by atoms with van der Waals surface area (Å²) in [6, 6.07) is 27.2. The maximum atomic E-state index is 9.74. The summed E-state index contributed by atoms with van der Waals surface area (Å²) in [5.74, 6) is 1.32. The number of ether oxygens (including phenoxy) is 1. The van der Waals surface area contributed by atoms with Crippen LogP contribution in [0.25, 0.3) is 11.0 Å². The van der Waals surface area contributed by atoms with Crippen molar-refractivity contribution in [3.63, 3.8) is 0 Å². The summed E-state index contributed by atoms with van der Waals surface area (Å²) in [5.41, 5.74) is 5.47. The molecule has 166 valence electrons. The predicted molar refractivity (Wildman–Crippen MR) is 132 cm³/mol. The van der Waals surface area contributed by atoms with Gasteiger partial charge in [-0.25, -0.2) is 4.98 Å². The molecule has 1 N–H and O–H groups in total. The molecule has 6 nitrogen and oxygen atoms in total. The average Bonchev–Trinajstić information content (AvgIpc) is 3.32. The largest absolute Gasteiger partial charge is 0.497 e. The van der Waals surface area contributed by atoms with Gasteiger partial charge in [0.25, 0.3) is 0 Å². The fourth-order valence-electron chi connectivity index (χ4n) is 4.44. The Morgan fingerprint density at radius 1 is 0.909 bits per heavy atom. The highest BCUT2D eigenvalue weighted by atomic mass is 16.5. The van der Waals surface area contributed by atoms with Crippen LogP contribution in [-0.4, -0.2) is 43.3 Å². The number of nitriles is 1. The maximum Gasteiger partial charge on any atom is 0.124 e. The predicted octanol–water partition coefficient (Wildman–Crippen LogP) is 4.75. The van der Waals surface area contributed by atoms with Crippen molar-refractivity contribution in [2.45, 2.75) is 12.3 Å². The fourth-order valence-corrected chi connectivity index (χ4v) is 4.44. The van der Waals surface area contributed by atoms with Gasteiger partial charge in [0.05, 0.1) is 24.2 Å². The van der Waals surface area contributed by atoms with E-state index in [1.54, 1.807) is 7.11 Å². The second kappa shape index (κ2) is 9.25. The molecule has 0 bridgehead atoms. The number of aromatic nitrogens is 2. The first-order valence-corrected chi connectivity index (χ1v) is 11.3. The SMILES string of the molecule is COc1ccc(N2CCN(c3ccc(CC(C#N)c4nc5ccccc5[nH]4)cc3)CC2)cc1. The lowest BCUT2D eigenvalue weighted by Gasteiger charge is -2.37. The fraction of sp³-hybridized carbons (Fsp3) is 0.259. The van der Waals surface area contributed by atoms with Gasteiger partial charge in [0.1, 0.15) is 17.5 Å². The number of nitrogens with zero attached hydrogens (tertiary/aromatic N) is 4. The van der Waals surface area contributed by atoms with Gasteiger partial charge in [-0.1, -0.05) is 24.3 Å². The second-order valence-electron chi connectivity index (χ2n) is 8.36. The number of nitrogens with one attached hydrogen (secondary N) is 1. The third-order valence-corrected chi connectivity index (χ3v) is 6.35. The van der Waals surface area contributed by atoms with Gasteiger partial charge < -0.3 is 19.5 Å². The first kappa shape index (κ1) is 20.9. The van der Waals surface area contributed by atoms with E-state index in [4.69, 9.17) is 4.74 Å². The molecule has 1 aromatic heterocycles. The Morgan fingerprint density at radius 3 is 2.09 bits per heavy atom. The lowest BCUT2D eigenvalue weighted by molar-refractivity contribution is 0.415. The number of methoxy groups -OCH3 is 1. The van der Waals surface area contributed by atoms with Crippen LogP contribution in [0.15, 0.2) is 72.8 Å². The summed E-state index contributed by atoms with van der Waals surface area (Å²) in [7, 11) is 1.69. The first-order chi connectivity index (χ1) is 16.2. The molecular weight excluding hydrogens is 410 g/mol. The Labute approximate surface area is 194 Å². The number of rotatable bonds is 6. The van der Waals surface area contributed by atoms with Crippen LogP contribution in [0.1, 0.15) is 17.3 Å². The van der Waals surface area contributed by atoms with E-state index in [-0.39, 0.29) is 5.92 Å². The van der Waals surface area contributed by atoms with E-state index in [1.807, 2.05) is 36.4 Å². The molecule has 4 aromatic rings. The van der Waals surface area contributed by atoms with E-state index in [2.05, 4.69) is 62.2 Å². The van der Waals surface area contributed by atoms with Gasteiger partial charge in [0, 0.05) is 37.6 Å². The number of H-pyrrole nitrogens is 1. The van der Waals surface area contributed by atoms with Crippen molar-refractivity contribution in [2.24, 2.45) is 0 Å². The molecule has 1 unspecified atom stereocenters. The van der Waals surface area contributed by atoms with Crippen LogP contribution >= 0.6 is 0 Å². The molecular formula is C27H27N5O. The number of piperazine rings is 1. The Morgan fingerprint density at radius 2 is 1.52 bits per heavy atom. The van der Waals surface area contributed by atoms with Crippen LogP contribution in [-0.2, 0) is 6.42 Å². The zero-order valence-electron chi connectivity index (χ0n) is 18.7. The molecule has 1 aliphatic rings. The van der Waals surface area contributed by atoms with E-state index >= 15 is 0 Å². The molecule has 6 heteroatoms. The highest BCUT2D eigenvalue weighted by Gasteiger charge is 2.19. The lowest BCUT2D eigenvalue weighted by atomic mass is 9.99. The Bertz CT molecular complexity index is 1220. The maximum absolute atomic E-state index is 9.74. The number of hydrogen-bond donors (Lipinski definition) is 1. The molecule has 1 saturated heterocycles. The highest BCUT2D eigenvalue weighted by molar-refractivity contribution is 5.75. The minimum atomic E-state index is -0.295. The van der Waals surface area contributed by atoms with Crippen molar-refractivity contribution < 1.29 is 4.74 Å². The number of benzene rings is 3. The summed E-state index contributed by atoms with van der Waals surface area (Å²) in [6.45, 7) is 3.92. The average molecular weight is 438 g/mol. The molecule has 0 aliphatic carbocycles. The standard InChI is InChI=1S/C27H27N5O/c1-33-24-12-10-23(11-13-24)32-16-14-31(15-17-32)22-8-6-20(7-9-22)18-21(19-28)27-29-25-4-2-3-5-26(25)30-27/h2-13,21H,14-18H2,1H3,(H,29,30). The van der Waals surface area contributed by atoms with Gasteiger partial charge in [-0.2, -0.15) is 5.26 Å². The first-order valence-electron chi connectivity index (χ1n) is 11.3. The van der Waals surface area contributed by atoms with E-state index in [0.717, 1.165) is 54.3 Å². The molecule has 5 rings (SSSR count). The van der Waals surface area contributed by atoms with Crippen LogP contribution in [0.2, 0.25) is 0 Å². The molecule has 0 amide bonds. The van der Waals surface area contributed by atoms with Crippen LogP contribution in [0, 0.1) is 11.3 Å². The van der Waals surface area contributed by atoms with Crippen LogP contribution in [0.5, 0.6) is 5.75 Å². The lowest BCUT2D eigenvalue weighted by Crippen LogP contribution is -2.46. The number of para-hydroxylation sites is 2. The van der Waals surface area contributed by atoms with Crippen LogP contribution in [0.3, 0.4) is 0 Å². The number of hydrogen-bond acceptors (Lipinski definition) is 5.